The van der Waals surface area contributed by atoms with Gasteiger partial charge in [0.05, 0.1) is 5.69 Å². The average molecular weight is 758 g/mol. The number of anilines is 3. The number of nitrogens with zero attached hydrogens (tertiary/aromatic N) is 1. The Morgan fingerprint density at radius 1 is 0.345 bits per heavy atom. The lowest BCUT2D eigenvalue weighted by Gasteiger charge is -2.29. The molecule has 0 bridgehead atoms. The van der Waals surface area contributed by atoms with Gasteiger partial charge < -0.3 is 4.90 Å². The molecule has 0 heterocycles. The molecule has 0 atom stereocenters. The summed E-state index contributed by atoms with van der Waals surface area (Å²) in [5, 5.41) is 12.8. The Hall–Kier alpha value is -6.87. The van der Waals surface area contributed by atoms with Crippen molar-refractivity contribution in [2.75, 3.05) is 4.90 Å². The largest absolute Gasteiger partial charge is 0.309 e. The third-order valence-corrected chi connectivity index (χ3v) is 12.8. The van der Waals surface area contributed by atoms with Crippen LogP contribution < -0.4 is 4.90 Å². The first kappa shape index (κ1) is 34.4. The second-order valence-electron chi connectivity index (χ2n) is 15.4. The van der Waals surface area contributed by atoms with E-state index in [1.807, 2.05) is 11.8 Å². The van der Waals surface area contributed by atoms with E-state index in [4.69, 9.17) is 0 Å². The van der Waals surface area contributed by atoms with Gasteiger partial charge in [0.15, 0.2) is 0 Å². The first-order valence-electron chi connectivity index (χ1n) is 20.0. The molecule has 0 amide bonds. The van der Waals surface area contributed by atoms with E-state index in [0.717, 1.165) is 11.4 Å². The molecule has 2 heteroatoms. The fourth-order valence-electron chi connectivity index (χ4n) is 8.97. The maximum Gasteiger partial charge on any atom is 0.0618 e. The van der Waals surface area contributed by atoms with E-state index in [2.05, 4.69) is 219 Å². The Morgan fingerprint density at radius 3 is 1.36 bits per heavy atom. The van der Waals surface area contributed by atoms with Crippen LogP contribution in [0.4, 0.5) is 17.1 Å². The summed E-state index contributed by atoms with van der Waals surface area (Å²) in [6.45, 7) is 4.30. The number of fused-ring (bicyclic) bond motifs is 2. The predicted octanol–water partition coefficient (Wildman–Crippen LogP) is 16.5. The summed E-state index contributed by atoms with van der Waals surface area (Å²) in [6, 6.07) is 74.1. The molecule has 0 saturated heterocycles. The number of benzene rings is 11. The first-order chi connectivity index (χ1) is 28.6. The Bertz CT molecular complexity index is 3170. The van der Waals surface area contributed by atoms with Gasteiger partial charge in [-0.1, -0.05) is 175 Å². The van der Waals surface area contributed by atoms with E-state index >= 15 is 0 Å². The van der Waals surface area contributed by atoms with Crippen LogP contribution in [0.3, 0.4) is 0 Å². The van der Waals surface area contributed by atoms with E-state index in [0.29, 0.717) is 0 Å². The minimum absolute atomic E-state index is 1.14. The summed E-state index contributed by atoms with van der Waals surface area (Å²) < 4.78 is 0. The van der Waals surface area contributed by atoms with Gasteiger partial charge in [-0.05, 0) is 128 Å². The van der Waals surface area contributed by atoms with Crippen LogP contribution in [0, 0.1) is 13.8 Å². The van der Waals surface area contributed by atoms with E-state index in [1.54, 1.807) is 0 Å². The van der Waals surface area contributed by atoms with Gasteiger partial charge in [0.25, 0.3) is 0 Å². The number of hydrogen-bond acceptors (Lipinski definition) is 2. The van der Waals surface area contributed by atoms with E-state index < -0.39 is 0 Å². The second kappa shape index (κ2) is 14.0. The summed E-state index contributed by atoms with van der Waals surface area (Å²) in [5.41, 5.74) is 11.0. The van der Waals surface area contributed by atoms with Crippen LogP contribution in [0.5, 0.6) is 0 Å². The lowest BCUT2D eigenvalue weighted by atomic mass is 9.90. The van der Waals surface area contributed by atoms with Gasteiger partial charge in [-0.3, -0.25) is 0 Å². The van der Waals surface area contributed by atoms with Gasteiger partial charge in [-0.25, -0.2) is 0 Å². The molecule has 11 rings (SSSR count). The maximum absolute atomic E-state index is 2.43. The topological polar surface area (TPSA) is 3.24 Å². The fourth-order valence-corrected chi connectivity index (χ4v) is 9.78. The van der Waals surface area contributed by atoms with Crippen LogP contribution in [0.1, 0.15) is 11.1 Å². The first-order valence-corrected chi connectivity index (χ1v) is 20.8. The summed E-state index contributed by atoms with van der Waals surface area (Å²) in [4.78, 5) is 4.87. The Morgan fingerprint density at radius 2 is 0.810 bits per heavy atom. The zero-order valence-corrected chi connectivity index (χ0v) is 33.2. The molecule has 1 nitrogen and oxygen atoms in total. The van der Waals surface area contributed by atoms with Gasteiger partial charge in [0, 0.05) is 31.9 Å². The summed E-state index contributed by atoms with van der Waals surface area (Å²) in [7, 11) is 0. The molecule has 0 N–H and O–H groups in total. The lowest BCUT2D eigenvalue weighted by Crippen LogP contribution is -2.11. The molecule has 0 aliphatic rings. The van der Waals surface area contributed by atoms with Gasteiger partial charge in [-0.2, -0.15) is 0 Å². The molecular weight excluding hydrogens is 719 g/mol. The Kier molecular flexibility index (Phi) is 8.27. The van der Waals surface area contributed by atoms with Gasteiger partial charge >= 0.3 is 0 Å². The molecule has 58 heavy (non-hydrogen) atoms. The van der Waals surface area contributed by atoms with Crippen LogP contribution in [-0.4, -0.2) is 0 Å². The summed E-state index contributed by atoms with van der Waals surface area (Å²) in [6.07, 6.45) is 0. The molecule has 0 radical (unpaired) electrons. The summed E-state index contributed by atoms with van der Waals surface area (Å²) >= 11 is 1.81. The van der Waals surface area contributed by atoms with Crippen LogP contribution in [0.2, 0.25) is 0 Å². The van der Waals surface area contributed by atoms with Gasteiger partial charge in [0.2, 0.25) is 0 Å². The maximum atomic E-state index is 2.43. The summed E-state index contributed by atoms with van der Waals surface area (Å²) in [5.74, 6) is 0. The minimum Gasteiger partial charge on any atom is -0.309 e. The van der Waals surface area contributed by atoms with Crippen LogP contribution >= 0.6 is 11.8 Å². The molecule has 11 aromatic rings. The van der Waals surface area contributed by atoms with E-state index in [1.165, 1.54) is 103 Å². The second-order valence-corrected chi connectivity index (χ2v) is 16.6. The Labute approximate surface area is 343 Å². The number of rotatable bonds is 7. The van der Waals surface area contributed by atoms with Crippen molar-refractivity contribution in [2.24, 2.45) is 0 Å². The normalized spacial score (nSPS) is 11.7. The van der Waals surface area contributed by atoms with Crippen LogP contribution in [0.25, 0.3) is 76.1 Å². The molecule has 0 aliphatic carbocycles. The molecule has 274 valence electrons. The minimum atomic E-state index is 1.14. The van der Waals surface area contributed by atoms with Crippen LogP contribution in [0.15, 0.2) is 210 Å². The fraction of sp³-hybridized carbons (Fsp3) is 0.0357. The van der Waals surface area contributed by atoms with E-state index in [-0.39, 0.29) is 0 Å². The highest BCUT2D eigenvalue weighted by molar-refractivity contribution is 7.99. The molecule has 0 saturated carbocycles. The standard InChI is InChI=1S/C56H39NS/c1-36-14-26-43(27-15-36)57(44-28-16-37(2)17-29-44)56-51-12-5-3-10-48(51)54(49-11-4-6-13-52(49)56)41-22-32-46(33-23-41)58-45-30-20-38(21-31-45)47-34-24-42-19-18-39-8-7-9-40-25-35-50(47)55(42)53(39)40/h3-35H,1-2H3. The van der Waals surface area contributed by atoms with Crippen molar-refractivity contribution >= 4 is 82.7 Å². The third-order valence-electron chi connectivity index (χ3n) is 11.8. The molecule has 11 aromatic carbocycles. The molecule has 0 aliphatic heterocycles. The zero-order valence-electron chi connectivity index (χ0n) is 32.4. The molecular formula is C56H39NS. The van der Waals surface area contributed by atoms with Crippen molar-refractivity contribution in [3.8, 4) is 22.3 Å². The van der Waals surface area contributed by atoms with Crippen molar-refractivity contribution < 1.29 is 0 Å². The highest BCUT2D eigenvalue weighted by atomic mass is 32.2. The number of hydrogen-bond donors (Lipinski definition) is 0. The highest BCUT2D eigenvalue weighted by Crippen LogP contribution is 2.48. The molecule has 0 spiro atoms. The zero-order chi connectivity index (χ0) is 38.7. The van der Waals surface area contributed by atoms with Crippen molar-refractivity contribution in [2.45, 2.75) is 23.6 Å². The average Bonchev–Trinajstić information content (AvgIpc) is 3.27. The quantitative estimate of drug-likeness (QED) is 0.118. The highest BCUT2D eigenvalue weighted by Gasteiger charge is 2.22. The Balaban J connectivity index is 0.955. The van der Waals surface area contributed by atoms with E-state index in [9.17, 15) is 0 Å². The molecule has 0 aromatic heterocycles. The van der Waals surface area contributed by atoms with Crippen molar-refractivity contribution in [1.29, 1.82) is 0 Å². The van der Waals surface area contributed by atoms with Gasteiger partial charge in [-0.15, -0.1) is 0 Å². The molecule has 0 unspecified atom stereocenters. The smallest absolute Gasteiger partial charge is 0.0618 e. The van der Waals surface area contributed by atoms with Crippen molar-refractivity contribution in [1.82, 2.24) is 0 Å². The van der Waals surface area contributed by atoms with Gasteiger partial charge in [0.1, 0.15) is 0 Å². The number of aryl methyl sites for hydroxylation is 2. The third kappa shape index (κ3) is 5.80. The SMILES string of the molecule is Cc1ccc(N(c2ccc(C)cc2)c2c3ccccc3c(-c3ccc(Sc4ccc(-c5ccc6ccc7cccc8ccc5c6c78)cc4)cc3)c3ccccc23)cc1. The molecule has 0 fully saturated rings. The van der Waals surface area contributed by atoms with Crippen LogP contribution in [-0.2, 0) is 0 Å². The van der Waals surface area contributed by atoms with Crippen molar-refractivity contribution in [3.05, 3.63) is 211 Å². The predicted molar refractivity (Wildman–Crippen MR) is 251 cm³/mol. The monoisotopic (exact) mass is 757 g/mol. The van der Waals surface area contributed by atoms with Crippen molar-refractivity contribution in [3.63, 3.8) is 0 Å². The lowest BCUT2D eigenvalue weighted by molar-refractivity contribution is 1.29.